The maximum absolute atomic E-state index is 12.6. The van der Waals surface area contributed by atoms with Crippen LogP contribution in [0.15, 0.2) is 0 Å². The fourth-order valence-electron chi connectivity index (χ4n) is 2.44. The Labute approximate surface area is 198 Å². The van der Waals surface area contributed by atoms with E-state index >= 15 is 0 Å². The zero-order valence-corrected chi connectivity index (χ0v) is 20.9. The van der Waals surface area contributed by atoms with Crippen molar-refractivity contribution in [1.82, 2.24) is 20.9 Å². The molecule has 34 heavy (non-hydrogen) atoms. The van der Waals surface area contributed by atoms with Crippen LogP contribution in [-0.4, -0.2) is 85.4 Å². The van der Waals surface area contributed by atoms with E-state index in [9.17, 15) is 32.3 Å². The average molecular weight is 499 g/mol. The molecule has 0 aromatic heterocycles. The molecule has 0 fully saturated rings. The lowest BCUT2D eigenvalue weighted by molar-refractivity contribution is -0.173. The molecule has 0 aromatic carbocycles. The summed E-state index contributed by atoms with van der Waals surface area (Å²) >= 11 is 0. The monoisotopic (exact) mass is 498 g/mol. The van der Waals surface area contributed by atoms with Crippen LogP contribution < -0.4 is 16.0 Å². The van der Waals surface area contributed by atoms with Gasteiger partial charge in [0.15, 0.2) is 0 Å². The van der Waals surface area contributed by atoms with E-state index in [2.05, 4.69) is 10.6 Å². The van der Waals surface area contributed by atoms with Crippen LogP contribution in [0.5, 0.6) is 0 Å². The summed E-state index contributed by atoms with van der Waals surface area (Å²) in [7, 11) is 1.60. The van der Waals surface area contributed by atoms with E-state index in [0.717, 1.165) is 0 Å². The van der Waals surface area contributed by atoms with Gasteiger partial charge in [-0.3, -0.25) is 14.4 Å². The van der Waals surface area contributed by atoms with Crippen molar-refractivity contribution in [3.63, 3.8) is 0 Å². The Kier molecular flexibility index (Phi) is 12.3. The lowest BCUT2D eigenvalue weighted by Gasteiger charge is -2.24. The second-order valence-electron chi connectivity index (χ2n) is 9.67. The molecule has 0 bridgehead atoms. The topological polar surface area (TPSA) is 126 Å². The van der Waals surface area contributed by atoms with Gasteiger partial charge in [0.1, 0.15) is 17.2 Å². The van der Waals surface area contributed by atoms with E-state index in [4.69, 9.17) is 9.47 Å². The minimum atomic E-state index is -4.94. The molecule has 0 saturated carbocycles. The minimum absolute atomic E-state index is 0.0285. The van der Waals surface area contributed by atoms with Crippen LogP contribution in [0.2, 0.25) is 0 Å². The van der Waals surface area contributed by atoms with Crippen LogP contribution in [0.1, 0.15) is 54.4 Å². The van der Waals surface area contributed by atoms with Crippen LogP contribution in [0.25, 0.3) is 0 Å². The fraction of sp³-hybridized carbons (Fsp3) is 0.810. The second kappa shape index (κ2) is 13.4. The summed E-state index contributed by atoms with van der Waals surface area (Å²) in [6.07, 6.45) is -5.92. The summed E-state index contributed by atoms with van der Waals surface area (Å²) < 4.78 is 46.9. The first-order valence-electron chi connectivity index (χ1n) is 10.8. The Morgan fingerprint density at radius 2 is 1.35 bits per heavy atom. The first kappa shape index (κ1) is 31.4. The van der Waals surface area contributed by atoms with Crippen LogP contribution in [0.4, 0.5) is 18.0 Å². The molecule has 0 aliphatic rings. The number of carbonyl (C=O) groups excluding carboxylic acids is 4. The highest BCUT2D eigenvalue weighted by Crippen LogP contribution is 2.14. The van der Waals surface area contributed by atoms with Gasteiger partial charge in [-0.2, -0.15) is 13.2 Å². The van der Waals surface area contributed by atoms with Crippen LogP contribution >= 0.6 is 0 Å². The highest BCUT2D eigenvalue weighted by atomic mass is 19.4. The number of nitrogens with zero attached hydrogens (tertiary/aromatic N) is 1. The molecule has 0 saturated heterocycles. The fourth-order valence-corrected chi connectivity index (χ4v) is 2.44. The summed E-state index contributed by atoms with van der Waals surface area (Å²) in [6.45, 7) is 10.4. The molecule has 0 rings (SSSR count). The number of amides is 3. The Morgan fingerprint density at radius 1 is 0.853 bits per heavy atom. The zero-order chi connectivity index (χ0) is 26.7. The molecule has 0 heterocycles. The molecule has 0 spiro atoms. The van der Waals surface area contributed by atoms with Crippen LogP contribution in [0, 0.1) is 0 Å². The molecule has 0 aromatic rings. The highest BCUT2D eigenvalue weighted by Gasteiger charge is 2.38. The third-order valence-electron chi connectivity index (χ3n) is 3.89. The predicted molar refractivity (Wildman–Crippen MR) is 118 cm³/mol. The molecule has 0 aliphatic heterocycles. The first-order valence-corrected chi connectivity index (χ1v) is 10.8. The Balaban J connectivity index is 4.74. The van der Waals surface area contributed by atoms with Crippen molar-refractivity contribution in [2.24, 2.45) is 0 Å². The van der Waals surface area contributed by atoms with Gasteiger partial charge in [-0.25, -0.2) is 4.79 Å². The molecular formula is C21H37F3N4O6. The molecule has 0 radical (unpaired) electrons. The molecular weight excluding hydrogens is 461 g/mol. The number of carbonyl (C=O) groups is 4. The van der Waals surface area contributed by atoms with Gasteiger partial charge in [-0.1, -0.05) is 0 Å². The van der Waals surface area contributed by atoms with E-state index in [1.165, 1.54) is 0 Å². The van der Waals surface area contributed by atoms with Gasteiger partial charge in [0.05, 0.1) is 0 Å². The van der Waals surface area contributed by atoms with Gasteiger partial charge in [0.2, 0.25) is 5.91 Å². The predicted octanol–water partition coefficient (Wildman–Crippen LogP) is 1.73. The SMILES string of the molecule is CN(CCNC(=O)[C@H](CCC(=O)OC(C)(C)C)NC(=O)OC(C)(C)C)CCNC(=O)C(F)(F)F. The third-order valence-corrected chi connectivity index (χ3v) is 3.89. The van der Waals surface area contributed by atoms with E-state index in [1.807, 2.05) is 0 Å². The van der Waals surface area contributed by atoms with E-state index in [0.29, 0.717) is 0 Å². The molecule has 13 heteroatoms. The van der Waals surface area contributed by atoms with Gasteiger partial charge < -0.3 is 30.3 Å². The van der Waals surface area contributed by atoms with Crippen LogP contribution in [0.3, 0.4) is 0 Å². The van der Waals surface area contributed by atoms with Crippen molar-refractivity contribution in [2.45, 2.75) is 77.8 Å². The number of esters is 1. The standard InChI is InChI=1S/C21H37F3N4O6/c1-19(2,3)33-15(29)9-8-14(27-18(32)34-20(4,5)6)16(30)25-10-12-28(7)13-11-26-17(31)21(22,23)24/h14H,8-13H2,1-7H3,(H,25,30)(H,26,31)(H,27,32)/t14-/m0/s1. The van der Waals surface area contributed by atoms with Crippen molar-refractivity contribution in [1.29, 1.82) is 0 Å². The average Bonchev–Trinajstić information content (AvgIpc) is 2.61. The van der Waals surface area contributed by atoms with Crippen molar-refractivity contribution in [3.05, 3.63) is 0 Å². The number of nitrogens with one attached hydrogen (secondary N) is 3. The van der Waals surface area contributed by atoms with E-state index < -0.39 is 47.3 Å². The van der Waals surface area contributed by atoms with Gasteiger partial charge in [-0.05, 0) is 55.0 Å². The lowest BCUT2D eigenvalue weighted by atomic mass is 10.1. The molecule has 3 amide bonds. The van der Waals surface area contributed by atoms with Crippen LogP contribution in [-0.2, 0) is 23.9 Å². The number of hydrogen-bond donors (Lipinski definition) is 3. The lowest BCUT2D eigenvalue weighted by Crippen LogP contribution is -2.49. The van der Waals surface area contributed by atoms with E-state index in [1.54, 1.807) is 58.8 Å². The van der Waals surface area contributed by atoms with Gasteiger partial charge in [-0.15, -0.1) is 0 Å². The number of rotatable bonds is 11. The molecule has 1 atom stereocenters. The molecule has 3 N–H and O–H groups in total. The van der Waals surface area contributed by atoms with E-state index in [-0.39, 0.29) is 39.0 Å². The highest BCUT2D eigenvalue weighted by molar-refractivity contribution is 5.86. The van der Waals surface area contributed by atoms with Crippen molar-refractivity contribution in [2.75, 3.05) is 33.2 Å². The largest absolute Gasteiger partial charge is 0.471 e. The molecule has 0 aliphatic carbocycles. The van der Waals surface area contributed by atoms with Crippen molar-refractivity contribution in [3.8, 4) is 0 Å². The van der Waals surface area contributed by atoms with Crippen molar-refractivity contribution >= 4 is 23.9 Å². The summed E-state index contributed by atoms with van der Waals surface area (Å²) in [5.41, 5.74) is -1.49. The molecule has 10 nitrogen and oxygen atoms in total. The maximum atomic E-state index is 12.6. The number of ether oxygens (including phenoxy) is 2. The zero-order valence-electron chi connectivity index (χ0n) is 20.9. The Bertz CT molecular complexity index is 702. The Hall–Kier alpha value is -2.57. The molecule has 198 valence electrons. The number of halogens is 3. The minimum Gasteiger partial charge on any atom is -0.460 e. The summed E-state index contributed by atoms with van der Waals surface area (Å²) in [5.74, 6) is -3.11. The number of hydrogen-bond acceptors (Lipinski definition) is 7. The normalized spacial score (nSPS) is 13.1. The van der Waals surface area contributed by atoms with Gasteiger partial charge >= 0.3 is 24.1 Å². The number of alkyl halides is 3. The summed E-state index contributed by atoms with van der Waals surface area (Å²) in [6, 6.07) is -1.07. The maximum Gasteiger partial charge on any atom is 0.471 e. The summed E-state index contributed by atoms with van der Waals surface area (Å²) in [5, 5.41) is 6.81. The number of likely N-dealkylation sites (N-methyl/N-ethyl adjacent to an activating group) is 1. The summed E-state index contributed by atoms with van der Waals surface area (Å²) in [4.78, 5) is 49.1. The molecule has 0 unspecified atom stereocenters. The number of alkyl carbamates (subject to hydrolysis) is 1. The van der Waals surface area contributed by atoms with Gasteiger partial charge in [0, 0.05) is 32.6 Å². The van der Waals surface area contributed by atoms with Gasteiger partial charge in [0.25, 0.3) is 0 Å². The Morgan fingerprint density at radius 3 is 1.82 bits per heavy atom. The second-order valence-corrected chi connectivity index (χ2v) is 9.67. The van der Waals surface area contributed by atoms with Crippen molar-refractivity contribution < 1.29 is 41.8 Å². The smallest absolute Gasteiger partial charge is 0.460 e. The third kappa shape index (κ3) is 16.1. The quantitative estimate of drug-likeness (QED) is 0.371. The first-order chi connectivity index (χ1) is 15.3.